The monoisotopic (exact) mass is 392 g/mol. The summed E-state index contributed by atoms with van der Waals surface area (Å²) in [4.78, 5) is 26.3. The number of nitrogen functional groups attached to an aromatic ring is 1. The van der Waals surface area contributed by atoms with Gasteiger partial charge in [-0.05, 0) is 37.5 Å². The molecule has 2 aromatic rings. The minimum absolute atomic E-state index is 0.206. The van der Waals surface area contributed by atoms with Crippen LogP contribution in [0.15, 0.2) is 48.5 Å². The molecule has 6 nitrogen and oxygen atoms in total. The van der Waals surface area contributed by atoms with Crippen molar-refractivity contribution in [1.29, 1.82) is 0 Å². The topological polar surface area (TPSA) is 81.9 Å². The molecule has 2 aromatic carbocycles. The Morgan fingerprint density at radius 1 is 1.17 bits per heavy atom. The molecule has 2 N–H and O–H groups in total. The van der Waals surface area contributed by atoms with Crippen molar-refractivity contribution in [3.8, 4) is 11.8 Å². The van der Waals surface area contributed by atoms with Gasteiger partial charge >= 0.3 is 12.1 Å². The lowest BCUT2D eigenvalue weighted by atomic mass is 9.98. The first-order valence-electron chi connectivity index (χ1n) is 9.43. The van der Waals surface area contributed by atoms with Gasteiger partial charge in [-0.15, -0.1) is 0 Å². The lowest BCUT2D eigenvalue weighted by Crippen LogP contribution is -2.44. The highest BCUT2D eigenvalue weighted by Crippen LogP contribution is 2.30. The van der Waals surface area contributed by atoms with Crippen molar-refractivity contribution in [3.05, 3.63) is 65.2 Å². The van der Waals surface area contributed by atoms with Gasteiger partial charge in [-0.25, -0.2) is 9.59 Å². The Morgan fingerprint density at radius 3 is 2.66 bits per heavy atom. The second kappa shape index (κ2) is 8.70. The summed E-state index contributed by atoms with van der Waals surface area (Å²) in [5.74, 6) is 5.66. The number of nitrogens with zero attached hydrogens (tertiary/aromatic N) is 1. The third-order valence-electron chi connectivity index (χ3n) is 5.03. The molecule has 1 aliphatic heterocycles. The summed E-state index contributed by atoms with van der Waals surface area (Å²) >= 11 is 0. The van der Waals surface area contributed by atoms with Gasteiger partial charge in [0.15, 0.2) is 0 Å². The van der Waals surface area contributed by atoms with E-state index in [0.717, 1.165) is 12.0 Å². The lowest BCUT2D eigenvalue weighted by molar-refractivity contribution is 0.0600. The van der Waals surface area contributed by atoms with Crippen LogP contribution in [0, 0.1) is 11.8 Å². The number of hydrogen-bond acceptors (Lipinski definition) is 5. The number of hydrogen-bond donors (Lipinski definition) is 1. The van der Waals surface area contributed by atoms with Crippen molar-refractivity contribution >= 4 is 17.7 Å². The summed E-state index contributed by atoms with van der Waals surface area (Å²) in [6.07, 6.45) is 1.12. The fraction of sp³-hybridized carbons (Fsp3) is 0.304. The van der Waals surface area contributed by atoms with E-state index >= 15 is 0 Å². The average molecular weight is 392 g/mol. The Morgan fingerprint density at radius 2 is 1.93 bits per heavy atom. The highest BCUT2D eigenvalue weighted by molar-refractivity contribution is 5.94. The van der Waals surface area contributed by atoms with Crippen LogP contribution < -0.4 is 5.73 Å². The van der Waals surface area contributed by atoms with Gasteiger partial charge in [0.2, 0.25) is 0 Å². The molecule has 0 bridgehead atoms. The van der Waals surface area contributed by atoms with E-state index in [1.807, 2.05) is 37.3 Å². The maximum Gasteiger partial charge on any atom is 0.411 e. The maximum absolute atomic E-state index is 12.7. The molecular weight excluding hydrogens is 368 g/mol. The third-order valence-corrected chi connectivity index (χ3v) is 5.03. The average Bonchev–Trinajstić information content (AvgIpc) is 3.13. The van der Waals surface area contributed by atoms with Gasteiger partial charge in [-0.1, -0.05) is 48.2 Å². The summed E-state index contributed by atoms with van der Waals surface area (Å²) in [5, 5.41) is 0. The summed E-state index contributed by atoms with van der Waals surface area (Å²) in [7, 11) is 1.31. The zero-order valence-electron chi connectivity index (χ0n) is 16.6. The minimum Gasteiger partial charge on any atom is -0.465 e. The van der Waals surface area contributed by atoms with E-state index in [9.17, 15) is 9.59 Å². The van der Waals surface area contributed by atoms with Crippen LogP contribution in [-0.4, -0.2) is 36.2 Å². The Hall–Kier alpha value is -3.46. The Labute approximate surface area is 170 Å². The molecule has 1 amide bonds. The number of likely N-dealkylation sites (tertiary alicyclic amines) is 1. The first-order valence-corrected chi connectivity index (χ1v) is 9.43. The molecule has 1 heterocycles. The van der Waals surface area contributed by atoms with Crippen LogP contribution in [0.5, 0.6) is 0 Å². The zero-order chi connectivity index (χ0) is 20.9. The quantitative estimate of drug-likeness (QED) is 0.490. The molecule has 3 rings (SSSR count). The summed E-state index contributed by atoms with van der Waals surface area (Å²) in [5.41, 5.74) is 7.35. The lowest BCUT2D eigenvalue weighted by Gasteiger charge is -2.29. The number of rotatable bonds is 3. The van der Waals surface area contributed by atoms with E-state index in [2.05, 4.69) is 11.8 Å². The SMILES string of the molecule is COC(=O)c1cccc(N)c1C#C[C@@]1(C)CCCN1C(=O)OCc1ccccc1. The number of esters is 1. The Kier molecular flexibility index (Phi) is 6.08. The smallest absolute Gasteiger partial charge is 0.411 e. The molecule has 0 radical (unpaired) electrons. The Balaban J connectivity index is 1.80. The molecular formula is C23H24N2O4. The number of ether oxygens (including phenoxy) is 2. The number of carbonyl (C=O) groups is 2. The standard InChI is InChI=1S/C23H24N2O4/c1-23(14-12-18-19(21(26)28-2)10-6-11-20(18)24)13-7-15-25(23)22(27)29-16-17-8-4-3-5-9-17/h3-6,8-11H,7,13,15-16,24H2,1-2H3/t23-/m1/s1. The van der Waals surface area contributed by atoms with Crippen molar-refractivity contribution in [1.82, 2.24) is 4.90 Å². The molecule has 1 saturated heterocycles. The van der Waals surface area contributed by atoms with E-state index < -0.39 is 17.6 Å². The van der Waals surface area contributed by atoms with Crippen LogP contribution >= 0.6 is 0 Å². The van der Waals surface area contributed by atoms with Gasteiger partial charge in [-0.2, -0.15) is 0 Å². The third kappa shape index (κ3) is 4.52. The van der Waals surface area contributed by atoms with E-state index in [1.165, 1.54) is 7.11 Å². The van der Waals surface area contributed by atoms with Gasteiger partial charge in [-0.3, -0.25) is 4.90 Å². The van der Waals surface area contributed by atoms with Crippen molar-refractivity contribution in [2.75, 3.05) is 19.4 Å². The maximum atomic E-state index is 12.7. The predicted octanol–water partition coefficient (Wildman–Crippen LogP) is 3.60. The van der Waals surface area contributed by atoms with Crippen LogP contribution in [0.25, 0.3) is 0 Å². The number of methoxy groups -OCH3 is 1. The fourth-order valence-corrected chi connectivity index (χ4v) is 3.37. The van der Waals surface area contributed by atoms with Gasteiger partial charge in [0.1, 0.15) is 12.1 Å². The zero-order valence-corrected chi connectivity index (χ0v) is 16.6. The molecule has 0 aromatic heterocycles. The summed E-state index contributed by atoms with van der Waals surface area (Å²) in [6, 6.07) is 14.5. The molecule has 1 aliphatic rings. The van der Waals surface area contributed by atoms with Crippen LogP contribution in [0.3, 0.4) is 0 Å². The van der Waals surface area contributed by atoms with Crippen molar-refractivity contribution in [2.45, 2.75) is 31.9 Å². The molecule has 29 heavy (non-hydrogen) atoms. The minimum atomic E-state index is -0.705. The predicted molar refractivity (Wildman–Crippen MR) is 110 cm³/mol. The molecule has 150 valence electrons. The fourth-order valence-electron chi connectivity index (χ4n) is 3.37. The van der Waals surface area contributed by atoms with E-state index in [4.69, 9.17) is 15.2 Å². The van der Waals surface area contributed by atoms with E-state index in [0.29, 0.717) is 29.8 Å². The Bertz CT molecular complexity index is 962. The first-order chi connectivity index (χ1) is 13.9. The molecule has 1 atom stereocenters. The van der Waals surface area contributed by atoms with E-state index in [1.54, 1.807) is 23.1 Å². The molecule has 1 fully saturated rings. The number of benzene rings is 2. The number of carbonyl (C=O) groups excluding carboxylic acids is 2. The highest BCUT2D eigenvalue weighted by Gasteiger charge is 2.39. The number of anilines is 1. The van der Waals surface area contributed by atoms with Crippen LogP contribution in [0.4, 0.5) is 10.5 Å². The molecule has 0 aliphatic carbocycles. The highest BCUT2D eigenvalue weighted by atomic mass is 16.6. The first kappa shape index (κ1) is 20.3. The molecule has 0 saturated carbocycles. The summed E-state index contributed by atoms with van der Waals surface area (Å²) in [6.45, 7) is 2.67. The van der Waals surface area contributed by atoms with Crippen molar-refractivity contribution in [2.24, 2.45) is 0 Å². The van der Waals surface area contributed by atoms with Gasteiger partial charge in [0, 0.05) is 12.2 Å². The summed E-state index contributed by atoms with van der Waals surface area (Å²) < 4.78 is 10.3. The second-order valence-electron chi connectivity index (χ2n) is 7.08. The normalized spacial score (nSPS) is 17.9. The number of amides is 1. The number of nitrogens with two attached hydrogens (primary N) is 1. The van der Waals surface area contributed by atoms with Crippen molar-refractivity contribution in [3.63, 3.8) is 0 Å². The molecule has 0 spiro atoms. The second-order valence-corrected chi connectivity index (χ2v) is 7.08. The van der Waals surface area contributed by atoms with Gasteiger partial charge in [0.05, 0.1) is 18.2 Å². The molecule has 6 heteroatoms. The van der Waals surface area contributed by atoms with Crippen LogP contribution in [-0.2, 0) is 16.1 Å². The molecule has 0 unspecified atom stereocenters. The largest absolute Gasteiger partial charge is 0.465 e. The van der Waals surface area contributed by atoms with E-state index in [-0.39, 0.29) is 6.61 Å². The van der Waals surface area contributed by atoms with Crippen molar-refractivity contribution < 1.29 is 19.1 Å². The van der Waals surface area contributed by atoms with Gasteiger partial charge < -0.3 is 15.2 Å². The van der Waals surface area contributed by atoms with Crippen LogP contribution in [0.1, 0.15) is 41.3 Å². The van der Waals surface area contributed by atoms with Gasteiger partial charge in [0.25, 0.3) is 0 Å². The van der Waals surface area contributed by atoms with Crippen LogP contribution in [0.2, 0.25) is 0 Å².